The number of carbonyl (C=O) groups excluding carboxylic acids is 1. The number of nitrogens with zero attached hydrogens (tertiary/aromatic N) is 5. The van der Waals surface area contributed by atoms with E-state index in [1.165, 1.54) is 18.7 Å². The van der Waals surface area contributed by atoms with Gasteiger partial charge >= 0.3 is 5.97 Å². The summed E-state index contributed by atoms with van der Waals surface area (Å²) in [5.74, 6) is -3.30. The van der Waals surface area contributed by atoms with Crippen molar-refractivity contribution in [1.29, 1.82) is 0 Å². The molecule has 3 saturated heterocycles. The van der Waals surface area contributed by atoms with Gasteiger partial charge in [-0.05, 0) is 93.2 Å². The van der Waals surface area contributed by atoms with Crippen molar-refractivity contribution in [3.05, 3.63) is 23.5 Å². The molecule has 0 aliphatic carbocycles. The molecule has 0 radical (unpaired) electrons. The molecule has 4 heterocycles. The average Bonchev–Trinajstić information content (AvgIpc) is 3.70. The number of aliphatic hydroxyl groups is 5. The molecular weight excluding hydrogens is 856 g/mol. The second kappa shape index (κ2) is 22.9. The summed E-state index contributed by atoms with van der Waals surface area (Å²) in [6.07, 6.45) is -8.06. The number of likely N-dealkylation sites (N-methyl/N-ethyl adjacent to an activating group) is 2. The van der Waals surface area contributed by atoms with E-state index in [1.54, 1.807) is 47.7 Å². The molecule has 0 bridgehead atoms. The summed E-state index contributed by atoms with van der Waals surface area (Å²) in [5, 5.41) is 67.8. The van der Waals surface area contributed by atoms with Gasteiger partial charge in [-0.2, -0.15) is 8.78 Å². The minimum atomic E-state index is -2.03. The smallest absolute Gasteiger partial charge is 0.309 e. The Hall–Kier alpha value is -2.30. The van der Waals surface area contributed by atoms with Crippen LogP contribution in [0.15, 0.2) is 17.9 Å². The fourth-order valence-electron chi connectivity index (χ4n) is 10.7. The van der Waals surface area contributed by atoms with E-state index in [2.05, 4.69) is 10.3 Å². The number of esters is 1. The van der Waals surface area contributed by atoms with Crippen molar-refractivity contribution in [3.8, 4) is 0 Å². The quantitative estimate of drug-likeness (QED) is 0.178. The number of alkyl halides is 1. The van der Waals surface area contributed by atoms with Gasteiger partial charge in [0.1, 0.15) is 36.7 Å². The van der Waals surface area contributed by atoms with Gasteiger partial charge in [-0.1, -0.05) is 32.9 Å². The van der Waals surface area contributed by atoms with E-state index in [4.69, 9.17) is 23.7 Å². The van der Waals surface area contributed by atoms with Crippen molar-refractivity contribution >= 4 is 5.97 Å². The van der Waals surface area contributed by atoms with E-state index in [-0.39, 0.29) is 38.1 Å². The van der Waals surface area contributed by atoms with Crippen LogP contribution in [0.1, 0.15) is 107 Å². The number of aliphatic hydroxyl groups excluding tert-OH is 3. The maximum absolute atomic E-state index is 14.5. The van der Waals surface area contributed by atoms with Gasteiger partial charge in [-0.25, -0.2) is 4.39 Å². The topological polar surface area (TPSA) is 202 Å². The van der Waals surface area contributed by atoms with Crippen LogP contribution in [0.4, 0.5) is 13.2 Å². The number of methoxy groups -OCH3 is 1. The minimum absolute atomic E-state index is 0.0391. The summed E-state index contributed by atoms with van der Waals surface area (Å²) < 4.78 is 72.2. The van der Waals surface area contributed by atoms with Crippen LogP contribution in [-0.4, -0.2) is 181 Å². The summed E-state index contributed by atoms with van der Waals surface area (Å²) in [6.45, 7) is 17.2. The maximum atomic E-state index is 14.5. The van der Waals surface area contributed by atoms with E-state index in [0.29, 0.717) is 31.6 Å². The molecule has 0 amide bonds. The zero-order valence-electron chi connectivity index (χ0n) is 40.9. The van der Waals surface area contributed by atoms with Crippen LogP contribution in [0.5, 0.6) is 0 Å². The second-order valence-electron chi connectivity index (χ2n) is 20.2. The highest BCUT2D eigenvalue weighted by Gasteiger charge is 2.55. The lowest BCUT2D eigenvalue weighted by Crippen LogP contribution is -2.62. The van der Waals surface area contributed by atoms with Gasteiger partial charge < -0.3 is 59.0 Å². The molecule has 1 aromatic rings. The number of halogens is 3. The van der Waals surface area contributed by atoms with E-state index in [9.17, 15) is 43.5 Å². The molecule has 376 valence electrons. The van der Waals surface area contributed by atoms with Crippen molar-refractivity contribution in [3.63, 3.8) is 0 Å². The van der Waals surface area contributed by atoms with Crippen LogP contribution < -0.4 is 0 Å². The van der Waals surface area contributed by atoms with Gasteiger partial charge in [0.25, 0.3) is 6.08 Å². The third-order valence-electron chi connectivity index (χ3n) is 14.8. The summed E-state index contributed by atoms with van der Waals surface area (Å²) >= 11 is 0. The van der Waals surface area contributed by atoms with E-state index in [0.717, 1.165) is 0 Å². The Morgan fingerprint density at radius 3 is 2.29 bits per heavy atom. The van der Waals surface area contributed by atoms with E-state index < -0.39 is 126 Å². The average molecular weight is 936 g/mol. The summed E-state index contributed by atoms with van der Waals surface area (Å²) in [6, 6.07) is -1.07. The van der Waals surface area contributed by atoms with Crippen molar-refractivity contribution in [2.75, 3.05) is 41.0 Å². The molecule has 5 N–H and O–H groups in total. The number of aryl methyl sites for hydroxylation is 1. The number of cyclic esters (lactones) is 1. The molecule has 1 unspecified atom stereocenters. The Labute approximate surface area is 383 Å². The Bertz CT molecular complexity index is 1700. The number of aromatic nitrogens is 3. The first-order chi connectivity index (χ1) is 30.2. The summed E-state index contributed by atoms with van der Waals surface area (Å²) in [7, 11) is 5.18. The summed E-state index contributed by atoms with van der Waals surface area (Å²) in [5.41, 5.74) is -4.53. The molecule has 0 aromatic carbocycles. The van der Waals surface area contributed by atoms with Crippen LogP contribution >= 0.6 is 0 Å². The Balaban J connectivity index is 1.72. The third kappa shape index (κ3) is 13.1. The molecular formula is C46H80F3N5O11. The zero-order chi connectivity index (χ0) is 48.9. The number of carbonyl (C=O) groups is 1. The van der Waals surface area contributed by atoms with Crippen LogP contribution in [0.25, 0.3) is 0 Å². The van der Waals surface area contributed by atoms with Gasteiger partial charge in [0.05, 0.1) is 47.2 Å². The molecule has 19 heteroatoms. The zero-order valence-corrected chi connectivity index (χ0v) is 40.9. The Morgan fingerprint density at radius 1 is 1.03 bits per heavy atom. The normalized spacial score (nSPS) is 42.0. The molecule has 3 fully saturated rings. The number of ether oxygens (including phenoxy) is 5. The second-order valence-corrected chi connectivity index (χ2v) is 20.2. The molecule has 0 saturated carbocycles. The van der Waals surface area contributed by atoms with Gasteiger partial charge in [-0.15, -0.1) is 5.10 Å². The highest BCUT2D eigenvalue weighted by Crippen LogP contribution is 2.45. The Kier molecular flexibility index (Phi) is 19.5. The summed E-state index contributed by atoms with van der Waals surface area (Å²) in [4.78, 5) is 18.4. The number of hydrogen-bond acceptors (Lipinski definition) is 15. The largest absolute Gasteiger partial charge is 0.459 e. The van der Waals surface area contributed by atoms with Crippen LogP contribution in [0.2, 0.25) is 0 Å². The molecule has 3 aliphatic rings. The van der Waals surface area contributed by atoms with Crippen molar-refractivity contribution in [2.24, 2.45) is 23.7 Å². The van der Waals surface area contributed by atoms with Crippen LogP contribution in [0.3, 0.4) is 0 Å². The van der Waals surface area contributed by atoms with Gasteiger partial charge in [0.2, 0.25) is 0 Å². The first kappa shape index (κ1) is 55.3. The molecule has 18 atom stereocenters. The lowest BCUT2D eigenvalue weighted by molar-refractivity contribution is -0.302. The SMILES string of the molecule is CC[C@H]1OC(=O)[C@H](C)[C@@H](C2C[C@@](C)(OC)[C@@H](O)[C@H](C)O2)[C@H](C)[C@@H](O[C@@H]2O[C@H](C)C[C@H](N(C)CCc3cn(CCC(CF)=C(F)F)nn3)[C@H]2O)[C@](C)(O)C[C@@H](C)CN(C)[C@H](C)[C@@H](O)[C@]1(C)O. The van der Waals surface area contributed by atoms with E-state index in [1.807, 2.05) is 44.7 Å². The predicted octanol–water partition coefficient (Wildman–Crippen LogP) is 3.89. The highest BCUT2D eigenvalue weighted by molar-refractivity contribution is 5.73. The minimum Gasteiger partial charge on any atom is -0.459 e. The molecule has 16 nitrogen and oxygen atoms in total. The predicted molar refractivity (Wildman–Crippen MR) is 235 cm³/mol. The van der Waals surface area contributed by atoms with E-state index >= 15 is 0 Å². The van der Waals surface area contributed by atoms with Gasteiger partial charge in [-0.3, -0.25) is 9.48 Å². The standard InChI is InChI=1S/C46H80F3N5O11/c1-14-35-46(10,60)38(56)29(6)53(12)23-25(2)20-44(8,59)40(27(4)36(28(5)42(58)64-35)34-21-45(9,61-13)39(57)30(7)63-34)65-43-37(55)33(19-26(3)62-43)52(11)17-16-32-24-54(51-50-32)18-15-31(22-47)41(48)49/h24-30,33-40,43,55-57,59-60H,14-23H2,1-13H3/t25-,26-,27+,28-,29-,30+,33+,34?,35-,36+,37-,38-,39+,40-,43+,44-,45-,46-/m1/s1. The molecule has 1 aromatic heterocycles. The molecule has 0 spiro atoms. The molecule has 4 rings (SSSR count). The third-order valence-corrected chi connectivity index (χ3v) is 14.8. The number of allylic oxidation sites excluding steroid dienone is 1. The van der Waals surface area contributed by atoms with Crippen LogP contribution in [-0.2, 0) is 41.4 Å². The molecule has 3 aliphatic heterocycles. The maximum Gasteiger partial charge on any atom is 0.309 e. The van der Waals surface area contributed by atoms with Gasteiger partial charge in [0.15, 0.2) is 6.29 Å². The Morgan fingerprint density at radius 2 is 1.69 bits per heavy atom. The first-order valence-corrected chi connectivity index (χ1v) is 23.3. The number of hydrogen-bond donors (Lipinski definition) is 5. The van der Waals surface area contributed by atoms with Gasteiger partial charge in [0, 0.05) is 69.4 Å². The van der Waals surface area contributed by atoms with Crippen molar-refractivity contribution in [1.82, 2.24) is 24.8 Å². The van der Waals surface area contributed by atoms with Crippen LogP contribution in [0, 0.1) is 23.7 Å². The lowest BCUT2D eigenvalue weighted by Gasteiger charge is -2.51. The fraction of sp³-hybridized carbons (Fsp3) is 0.891. The first-order valence-electron chi connectivity index (χ1n) is 23.3. The monoisotopic (exact) mass is 936 g/mol. The van der Waals surface area contributed by atoms with Crippen molar-refractivity contribution in [2.45, 2.75) is 198 Å². The number of rotatable bonds is 13. The molecule has 65 heavy (non-hydrogen) atoms. The van der Waals surface area contributed by atoms with Crippen molar-refractivity contribution < 1.29 is 67.2 Å². The fourth-order valence-corrected chi connectivity index (χ4v) is 10.7. The lowest BCUT2D eigenvalue weighted by atomic mass is 9.68. The highest BCUT2D eigenvalue weighted by atomic mass is 19.3.